The Hall–Kier alpha value is -2.56. The van der Waals surface area contributed by atoms with Crippen LogP contribution in [0.25, 0.3) is 0 Å². The van der Waals surface area contributed by atoms with Gasteiger partial charge in [-0.2, -0.15) is 5.26 Å². The number of methoxy groups -OCH3 is 1. The van der Waals surface area contributed by atoms with Crippen molar-refractivity contribution in [2.24, 2.45) is 0 Å². The van der Waals surface area contributed by atoms with E-state index in [4.69, 9.17) is 20.2 Å². The highest BCUT2D eigenvalue weighted by Crippen LogP contribution is 2.12. The van der Waals surface area contributed by atoms with Gasteiger partial charge in [-0.05, 0) is 17.7 Å². The van der Waals surface area contributed by atoms with Crippen LogP contribution < -0.4 is 10.1 Å². The fraction of sp³-hybridized carbons (Fsp3) is 0.375. The molecule has 0 bridgehead atoms. The molecule has 0 unspecified atom stereocenters. The maximum atomic E-state index is 12.2. The van der Waals surface area contributed by atoms with Crippen LogP contribution in [-0.2, 0) is 11.3 Å². The fourth-order valence-corrected chi connectivity index (χ4v) is 1.92. The third-order valence-electron chi connectivity index (χ3n) is 3.06. The van der Waals surface area contributed by atoms with Crippen molar-refractivity contribution >= 4 is 5.91 Å². The number of hydrogen-bond donors (Lipinski definition) is 3. The Kier molecular flexibility index (Phi) is 8.21. The van der Waals surface area contributed by atoms with E-state index in [0.717, 1.165) is 11.3 Å². The number of aliphatic hydroxyl groups excluding tert-OH is 2. The number of hydrogen-bond acceptors (Lipinski definition) is 6. The van der Waals surface area contributed by atoms with Crippen LogP contribution in [0.4, 0.5) is 0 Å². The van der Waals surface area contributed by atoms with E-state index in [9.17, 15) is 4.79 Å². The monoisotopic (exact) mass is 319 g/mol. The number of carbonyl (C=O) groups is 1. The van der Waals surface area contributed by atoms with Crippen molar-refractivity contribution in [3.05, 3.63) is 41.6 Å². The van der Waals surface area contributed by atoms with E-state index < -0.39 is 5.91 Å². The molecule has 0 aromatic heterocycles. The molecule has 3 N–H and O–H groups in total. The SMILES string of the molecule is COc1cccc(CN/C=C(/C#N)C(=O)N(CCO)CCO)c1. The second kappa shape index (κ2) is 10.2. The van der Waals surface area contributed by atoms with Crippen molar-refractivity contribution in [2.75, 3.05) is 33.4 Å². The molecule has 7 heteroatoms. The number of nitrogens with one attached hydrogen (secondary N) is 1. The summed E-state index contributed by atoms with van der Waals surface area (Å²) in [6.45, 7) is 0.0849. The predicted octanol–water partition coefficient (Wildman–Crippen LogP) is 0.00548. The topological polar surface area (TPSA) is 106 Å². The Morgan fingerprint density at radius 1 is 1.39 bits per heavy atom. The summed E-state index contributed by atoms with van der Waals surface area (Å²) in [4.78, 5) is 13.4. The highest BCUT2D eigenvalue weighted by atomic mass is 16.5. The summed E-state index contributed by atoms with van der Waals surface area (Å²) in [6, 6.07) is 9.24. The van der Waals surface area contributed by atoms with Gasteiger partial charge < -0.3 is 25.2 Å². The lowest BCUT2D eigenvalue weighted by molar-refractivity contribution is -0.127. The molecule has 0 radical (unpaired) electrons. The van der Waals surface area contributed by atoms with Crippen molar-refractivity contribution in [3.63, 3.8) is 0 Å². The minimum absolute atomic E-state index is 0.0638. The van der Waals surface area contributed by atoms with Gasteiger partial charge in [-0.1, -0.05) is 12.1 Å². The Balaban J connectivity index is 2.70. The van der Waals surface area contributed by atoms with Gasteiger partial charge in [0.2, 0.25) is 0 Å². The summed E-state index contributed by atoms with van der Waals surface area (Å²) in [5.41, 5.74) is 0.850. The number of nitriles is 1. The molecule has 0 atom stereocenters. The quantitative estimate of drug-likeness (QED) is 0.437. The van der Waals surface area contributed by atoms with E-state index in [2.05, 4.69) is 5.32 Å². The third kappa shape index (κ3) is 5.98. The lowest BCUT2D eigenvalue weighted by Crippen LogP contribution is -2.37. The summed E-state index contributed by atoms with van der Waals surface area (Å²) in [7, 11) is 1.58. The first kappa shape index (κ1) is 18.5. The maximum absolute atomic E-state index is 12.2. The van der Waals surface area contributed by atoms with Crippen molar-refractivity contribution < 1.29 is 19.7 Å². The fourth-order valence-electron chi connectivity index (χ4n) is 1.92. The molecule has 124 valence electrons. The zero-order chi connectivity index (χ0) is 17.1. The third-order valence-corrected chi connectivity index (χ3v) is 3.06. The highest BCUT2D eigenvalue weighted by molar-refractivity contribution is 5.97. The van der Waals surface area contributed by atoms with E-state index in [-0.39, 0.29) is 31.9 Å². The molecule has 7 nitrogen and oxygen atoms in total. The van der Waals surface area contributed by atoms with Gasteiger partial charge in [-0.15, -0.1) is 0 Å². The number of amides is 1. The Labute approximate surface area is 135 Å². The first-order valence-corrected chi connectivity index (χ1v) is 7.13. The van der Waals surface area contributed by atoms with Crippen LogP contribution in [0.5, 0.6) is 5.75 Å². The molecule has 0 saturated heterocycles. The van der Waals surface area contributed by atoms with E-state index >= 15 is 0 Å². The summed E-state index contributed by atoms with van der Waals surface area (Å²) in [6.07, 6.45) is 1.34. The van der Waals surface area contributed by atoms with Crippen LogP contribution in [0.3, 0.4) is 0 Å². The minimum atomic E-state index is -0.534. The molecule has 1 amide bonds. The van der Waals surface area contributed by atoms with Crippen LogP contribution in [-0.4, -0.2) is 54.4 Å². The summed E-state index contributed by atoms with van der Waals surface area (Å²) in [5, 5.41) is 29.9. The average Bonchev–Trinajstić information content (AvgIpc) is 2.58. The van der Waals surface area contributed by atoms with Crippen LogP contribution in [0.15, 0.2) is 36.0 Å². The van der Waals surface area contributed by atoms with Crippen LogP contribution in [0.2, 0.25) is 0 Å². The number of nitrogens with zero attached hydrogens (tertiary/aromatic N) is 2. The first-order valence-electron chi connectivity index (χ1n) is 7.13. The van der Waals surface area contributed by atoms with Crippen molar-refractivity contribution in [3.8, 4) is 11.8 Å². The smallest absolute Gasteiger partial charge is 0.266 e. The second-order valence-electron chi connectivity index (χ2n) is 4.64. The average molecular weight is 319 g/mol. The molecule has 0 aliphatic carbocycles. The van der Waals surface area contributed by atoms with Crippen molar-refractivity contribution in [1.82, 2.24) is 10.2 Å². The van der Waals surface area contributed by atoms with Gasteiger partial charge in [0.25, 0.3) is 5.91 Å². The molecule has 0 aliphatic rings. The predicted molar refractivity (Wildman–Crippen MR) is 84.3 cm³/mol. The zero-order valence-electron chi connectivity index (χ0n) is 13.0. The van der Waals surface area contributed by atoms with E-state index in [1.54, 1.807) is 7.11 Å². The lowest BCUT2D eigenvalue weighted by Gasteiger charge is -2.20. The zero-order valence-corrected chi connectivity index (χ0v) is 13.0. The molecule has 1 rings (SSSR count). The molecule has 1 aromatic carbocycles. The van der Waals surface area contributed by atoms with Gasteiger partial charge in [-0.3, -0.25) is 4.79 Å². The number of benzene rings is 1. The summed E-state index contributed by atoms with van der Waals surface area (Å²) in [5.74, 6) is 0.190. The van der Waals surface area contributed by atoms with E-state index in [1.807, 2.05) is 30.3 Å². The van der Waals surface area contributed by atoms with E-state index in [0.29, 0.717) is 6.54 Å². The van der Waals surface area contributed by atoms with Gasteiger partial charge in [0.1, 0.15) is 17.4 Å². The molecule has 0 aliphatic heterocycles. The largest absolute Gasteiger partial charge is 0.497 e. The van der Waals surface area contributed by atoms with Gasteiger partial charge in [0.15, 0.2) is 0 Å². The molecule has 0 heterocycles. The minimum Gasteiger partial charge on any atom is -0.497 e. The molecule has 0 saturated carbocycles. The molecule has 0 spiro atoms. The number of carbonyl (C=O) groups excluding carboxylic acids is 1. The number of ether oxygens (including phenoxy) is 1. The Morgan fingerprint density at radius 2 is 2.09 bits per heavy atom. The van der Waals surface area contributed by atoms with Crippen LogP contribution in [0, 0.1) is 11.3 Å². The van der Waals surface area contributed by atoms with Gasteiger partial charge in [0, 0.05) is 25.8 Å². The number of rotatable bonds is 9. The maximum Gasteiger partial charge on any atom is 0.266 e. The molecule has 1 aromatic rings. The van der Waals surface area contributed by atoms with Gasteiger partial charge in [0.05, 0.1) is 20.3 Å². The Morgan fingerprint density at radius 3 is 2.65 bits per heavy atom. The Bertz CT molecular complexity index is 575. The normalized spacial score (nSPS) is 10.8. The summed E-state index contributed by atoms with van der Waals surface area (Å²) >= 11 is 0. The summed E-state index contributed by atoms with van der Waals surface area (Å²) < 4.78 is 5.12. The van der Waals surface area contributed by atoms with Crippen molar-refractivity contribution in [1.29, 1.82) is 5.26 Å². The van der Waals surface area contributed by atoms with Gasteiger partial charge >= 0.3 is 0 Å². The lowest BCUT2D eigenvalue weighted by atomic mass is 10.2. The second-order valence-corrected chi connectivity index (χ2v) is 4.64. The van der Waals surface area contributed by atoms with E-state index in [1.165, 1.54) is 11.1 Å². The molecular weight excluding hydrogens is 298 g/mol. The first-order chi connectivity index (χ1) is 11.2. The molecular formula is C16H21N3O4. The van der Waals surface area contributed by atoms with Crippen molar-refractivity contribution in [2.45, 2.75) is 6.54 Å². The van der Waals surface area contributed by atoms with Crippen LogP contribution >= 0.6 is 0 Å². The molecule has 0 fully saturated rings. The number of aliphatic hydroxyl groups is 2. The van der Waals surface area contributed by atoms with Gasteiger partial charge in [-0.25, -0.2) is 0 Å². The standard InChI is InChI=1S/C16H21N3O4/c1-23-15-4-2-3-13(9-15)11-18-12-14(10-17)16(22)19(5-7-20)6-8-21/h2-4,9,12,18,20-21H,5-8,11H2,1H3/b14-12-. The highest BCUT2D eigenvalue weighted by Gasteiger charge is 2.17. The van der Waals surface area contributed by atoms with Crippen LogP contribution in [0.1, 0.15) is 5.56 Å². The molecule has 23 heavy (non-hydrogen) atoms.